The molecule has 0 fully saturated rings. The molecule has 0 heterocycles. The maximum Gasteiger partial charge on any atom is 0.349 e. The molecule has 0 saturated heterocycles. The van der Waals surface area contributed by atoms with E-state index in [2.05, 4.69) is 4.52 Å². The van der Waals surface area contributed by atoms with Crippen molar-refractivity contribution < 1.29 is 14.0 Å². The lowest BCUT2D eigenvalue weighted by molar-refractivity contribution is -0.571. The van der Waals surface area contributed by atoms with Crippen LogP contribution in [0.3, 0.4) is 0 Å². The summed E-state index contributed by atoms with van der Waals surface area (Å²) in [7, 11) is -3.88. The van der Waals surface area contributed by atoms with Crippen molar-refractivity contribution in [2.24, 2.45) is 11.0 Å². The maximum atomic E-state index is 10.9. The predicted octanol–water partition coefficient (Wildman–Crippen LogP) is 1.00. The van der Waals surface area contributed by atoms with Crippen LogP contribution in [0.1, 0.15) is 11.8 Å². The SMILES string of the molecule is NP(N)(=O)OC(c1ccccc1)[N+](=O)[O-]. The third-order valence-corrected chi connectivity index (χ3v) is 2.07. The minimum absolute atomic E-state index is 0.235. The van der Waals surface area contributed by atoms with Gasteiger partial charge in [-0.1, -0.05) is 18.2 Å². The first-order chi connectivity index (χ1) is 6.90. The lowest BCUT2D eigenvalue weighted by atomic mass is 10.2. The number of benzene rings is 1. The van der Waals surface area contributed by atoms with Crippen LogP contribution in [0.5, 0.6) is 0 Å². The molecule has 1 atom stereocenters. The molecule has 1 rings (SSSR count). The first-order valence-electron chi connectivity index (χ1n) is 3.94. The van der Waals surface area contributed by atoms with Crippen LogP contribution in [0.25, 0.3) is 0 Å². The van der Waals surface area contributed by atoms with Crippen LogP contribution in [-0.4, -0.2) is 4.92 Å². The van der Waals surface area contributed by atoms with Gasteiger partial charge in [-0.05, 0) is 12.1 Å². The van der Waals surface area contributed by atoms with Crippen LogP contribution in [0, 0.1) is 10.1 Å². The molecule has 0 radical (unpaired) electrons. The van der Waals surface area contributed by atoms with Gasteiger partial charge in [0.05, 0.1) is 10.5 Å². The van der Waals surface area contributed by atoms with E-state index in [-0.39, 0.29) is 5.56 Å². The van der Waals surface area contributed by atoms with Gasteiger partial charge >= 0.3 is 13.9 Å². The highest BCUT2D eigenvalue weighted by Crippen LogP contribution is 2.35. The maximum absolute atomic E-state index is 10.9. The summed E-state index contributed by atoms with van der Waals surface area (Å²) in [5, 5.41) is 10.6. The van der Waals surface area contributed by atoms with Crippen molar-refractivity contribution in [2.45, 2.75) is 6.23 Å². The molecule has 0 bridgehead atoms. The molecule has 0 aliphatic heterocycles. The van der Waals surface area contributed by atoms with Gasteiger partial charge in [-0.3, -0.25) is 14.7 Å². The van der Waals surface area contributed by atoms with Crippen molar-refractivity contribution in [1.82, 2.24) is 0 Å². The van der Waals surface area contributed by atoms with Gasteiger partial charge in [-0.15, -0.1) is 0 Å². The summed E-state index contributed by atoms with van der Waals surface area (Å²) >= 11 is 0. The van der Waals surface area contributed by atoms with Crippen LogP contribution < -0.4 is 11.0 Å². The number of nitrogens with two attached hydrogens (primary N) is 2. The van der Waals surface area contributed by atoms with Gasteiger partial charge < -0.3 is 0 Å². The highest BCUT2D eigenvalue weighted by molar-refractivity contribution is 7.53. The van der Waals surface area contributed by atoms with Crippen LogP contribution in [0.4, 0.5) is 0 Å². The Kier molecular flexibility index (Phi) is 3.54. The fourth-order valence-electron chi connectivity index (χ4n) is 0.995. The molecule has 0 amide bonds. The summed E-state index contributed by atoms with van der Waals surface area (Å²) in [5.74, 6) is 0. The third-order valence-electron chi connectivity index (χ3n) is 1.54. The van der Waals surface area contributed by atoms with E-state index >= 15 is 0 Å². The molecule has 0 saturated carbocycles. The number of rotatable bonds is 4. The largest absolute Gasteiger partial charge is 0.349 e. The Morgan fingerprint density at radius 2 is 1.87 bits per heavy atom. The van der Waals surface area contributed by atoms with Crippen LogP contribution >= 0.6 is 7.67 Å². The first-order valence-corrected chi connectivity index (χ1v) is 5.70. The quantitative estimate of drug-likeness (QED) is 0.345. The standard InChI is InChI=1S/C7H10N3O4P/c8-15(9,13)14-7(10(11)12)6-4-2-1-3-5-6/h1-5,7H,(H4,8,9,13). The van der Waals surface area contributed by atoms with Gasteiger partial charge in [-0.2, -0.15) is 0 Å². The molecule has 0 aromatic heterocycles. The zero-order valence-electron chi connectivity index (χ0n) is 7.65. The smallest absolute Gasteiger partial charge is 0.261 e. The summed E-state index contributed by atoms with van der Waals surface area (Å²) < 4.78 is 15.4. The summed E-state index contributed by atoms with van der Waals surface area (Å²) in [6, 6.07) is 7.79. The Labute approximate surface area is 85.7 Å². The number of nitro groups is 1. The molecular weight excluding hydrogens is 221 g/mol. The molecule has 82 valence electrons. The van der Waals surface area contributed by atoms with Crippen molar-refractivity contribution in [1.29, 1.82) is 0 Å². The molecule has 7 nitrogen and oxygen atoms in total. The molecule has 0 aliphatic carbocycles. The average molecular weight is 231 g/mol. The van der Waals surface area contributed by atoms with E-state index in [1.807, 2.05) is 0 Å². The van der Waals surface area contributed by atoms with E-state index in [9.17, 15) is 14.7 Å². The predicted molar refractivity (Wildman–Crippen MR) is 53.2 cm³/mol. The number of hydrogen-bond donors (Lipinski definition) is 2. The molecule has 15 heavy (non-hydrogen) atoms. The molecule has 0 aliphatic rings. The van der Waals surface area contributed by atoms with E-state index in [1.165, 1.54) is 12.1 Å². The molecule has 1 unspecified atom stereocenters. The minimum atomic E-state index is -3.88. The second-order valence-electron chi connectivity index (χ2n) is 2.80. The highest BCUT2D eigenvalue weighted by atomic mass is 31.2. The molecular formula is C7H10N3O4P. The van der Waals surface area contributed by atoms with Crippen LogP contribution in [0.2, 0.25) is 0 Å². The topological polar surface area (TPSA) is 121 Å². The summed E-state index contributed by atoms with van der Waals surface area (Å²) in [6.45, 7) is 0. The summed E-state index contributed by atoms with van der Waals surface area (Å²) in [5.41, 5.74) is 10.1. The molecule has 1 aromatic rings. The molecule has 0 spiro atoms. The van der Waals surface area contributed by atoms with E-state index in [0.717, 1.165) is 0 Å². The second kappa shape index (κ2) is 4.50. The second-order valence-corrected chi connectivity index (χ2v) is 4.30. The Balaban J connectivity index is 2.95. The lowest BCUT2D eigenvalue weighted by Gasteiger charge is -2.12. The highest BCUT2D eigenvalue weighted by Gasteiger charge is 2.29. The number of nitrogens with zero attached hydrogens (tertiary/aromatic N) is 1. The van der Waals surface area contributed by atoms with E-state index in [4.69, 9.17) is 11.0 Å². The average Bonchev–Trinajstić information content (AvgIpc) is 2.14. The first kappa shape index (κ1) is 11.8. The van der Waals surface area contributed by atoms with E-state index < -0.39 is 18.8 Å². The van der Waals surface area contributed by atoms with Crippen molar-refractivity contribution in [2.75, 3.05) is 0 Å². The Hall–Kier alpha value is -1.27. The zero-order valence-corrected chi connectivity index (χ0v) is 8.54. The van der Waals surface area contributed by atoms with E-state index in [1.54, 1.807) is 18.2 Å². The lowest BCUT2D eigenvalue weighted by Crippen LogP contribution is -2.18. The van der Waals surface area contributed by atoms with Gasteiger partial charge in [0.15, 0.2) is 0 Å². The molecule has 8 heteroatoms. The van der Waals surface area contributed by atoms with Gasteiger partial charge in [0.1, 0.15) is 0 Å². The minimum Gasteiger partial charge on any atom is -0.261 e. The van der Waals surface area contributed by atoms with Gasteiger partial charge in [-0.25, -0.2) is 15.5 Å². The fourth-order valence-corrected chi connectivity index (χ4v) is 1.51. The van der Waals surface area contributed by atoms with Crippen molar-refractivity contribution in [3.05, 3.63) is 46.0 Å². The van der Waals surface area contributed by atoms with Crippen LogP contribution in [0.15, 0.2) is 30.3 Å². The zero-order chi connectivity index (χ0) is 11.5. The summed E-state index contributed by atoms with van der Waals surface area (Å²) in [4.78, 5) is 9.88. The summed E-state index contributed by atoms with van der Waals surface area (Å²) in [6.07, 6.45) is -1.60. The van der Waals surface area contributed by atoms with Crippen molar-refractivity contribution in [3.63, 3.8) is 0 Å². The van der Waals surface area contributed by atoms with Gasteiger partial charge in [0.2, 0.25) is 0 Å². The number of hydrogen-bond acceptors (Lipinski definition) is 4. The molecule has 4 N–H and O–H groups in total. The molecule has 1 aromatic carbocycles. The monoisotopic (exact) mass is 231 g/mol. The Morgan fingerprint density at radius 3 is 2.27 bits per heavy atom. The van der Waals surface area contributed by atoms with Gasteiger partial charge in [0.25, 0.3) is 0 Å². The Morgan fingerprint density at radius 1 is 1.33 bits per heavy atom. The Bertz CT molecular complexity index is 390. The normalized spacial score (nSPS) is 13.5. The van der Waals surface area contributed by atoms with Gasteiger partial charge in [0, 0.05) is 0 Å². The van der Waals surface area contributed by atoms with Crippen LogP contribution in [-0.2, 0) is 9.09 Å². The van der Waals surface area contributed by atoms with E-state index in [0.29, 0.717) is 0 Å². The van der Waals surface area contributed by atoms with Crippen molar-refractivity contribution in [3.8, 4) is 0 Å². The fraction of sp³-hybridized carbons (Fsp3) is 0.143. The van der Waals surface area contributed by atoms with Crippen molar-refractivity contribution >= 4 is 7.67 Å². The third kappa shape index (κ3) is 3.77.